The molecule has 1 aromatic rings. The molecule has 1 rings (SSSR count). The number of ether oxygens (including phenoxy) is 13. The fourth-order valence-electron chi connectivity index (χ4n) is 5.07. The van der Waals surface area contributed by atoms with Crippen molar-refractivity contribution in [2.75, 3.05) is 139 Å². The van der Waals surface area contributed by atoms with E-state index in [4.69, 9.17) is 61.6 Å². The highest BCUT2D eigenvalue weighted by molar-refractivity contribution is 5.54. The molecule has 4 N–H and O–H groups in total. The van der Waals surface area contributed by atoms with Gasteiger partial charge in [-0.25, -0.2) is 0 Å². The summed E-state index contributed by atoms with van der Waals surface area (Å²) in [7, 11) is 1.39. The van der Waals surface area contributed by atoms with Crippen molar-refractivity contribution in [3.05, 3.63) is 100 Å². The first kappa shape index (κ1) is 57.1. The predicted molar refractivity (Wildman–Crippen MR) is 234 cm³/mol. The Hall–Kier alpha value is -4.90. The Morgan fingerprint density at radius 2 is 0.891 bits per heavy atom. The van der Waals surface area contributed by atoms with Gasteiger partial charge < -0.3 is 82.0 Å². The molecule has 0 fully saturated rings. The normalized spacial score (nSPS) is 12.7. The van der Waals surface area contributed by atoms with E-state index in [9.17, 15) is 30.5 Å². The Morgan fingerprint density at radius 1 is 0.562 bits per heavy atom. The van der Waals surface area contributed by atoms with E-state index in [-0.39, 0.29) is 172 Å². The molecule has 0 bridgehead atoms. The van der Waals surface area contributed by atoms with Gasteiger partial charge in [-0.1, -0.05) is 19.7 Å². The van der Waals surface area contributed by atoms with Crippen LogP contribution in [0.25, 0.3) is 0 Å². The van der Waals surface area contributed by atoms with Crippen molar-refractivity contribution in [2.45, 2.75) is 27.4 Å². The molecule has 0 saturated heterocycles. The van der Waals surface area contributed by atoms with Crippen LogP contribution in [-0.4, -0.2) is 165 Å². The second-order valence-electron chi connectivity index (χ2n) is 13.5. The van der Waals surface area contributed by atoms with Crippen LogP contribution in [0.5, 0.6) is 11.5 Å². The number of nitro groups is 1. The van der Waals surface area contributed by atoms with Crippen molar-refractivity contribution >= 4 is 5.69 Å². The van der Waals surface area contributed by atoms with Gasteiger partial charge in [-0.3, -0.25) is 10.1 Å². The Morgan fingerprint density at radius 3 is 1.20 bits per heavy atom. The Kier molecular flexibility index (Phi) is 31.6. The summed E-state index contributed by atoms with van der Waals surface area (Å²) in [5.41, 5.74) is -1.01. The van der Waals surface area contributed by atoms with E-state index in [0.29, 0.717) is 17.3 Å². The van der Waals surface area contributed by atoms with Gasteiger partial charge in [0.15, 0.2) is 28.8 Å². The van der Waals surface area contributed by atoms with Crippen molar-refractivity contribution in [3.8, 4) is 11.5 Å². The molecule has 0 amide bonds. The van der Waals surface area contributed by atoms with Crippen LogP contribution in [0.15, 0.2) is 84.7 Å². The summed E-state index contributed by atoms with van der Waals surface area (Å²) >= 11 is 0. The van der Waals surface area contributed by atoms with Crippen molar-refractivity contribution in [2.24, 2.45) is 5.41 Å². The van der Waals surface area contributed by atoms with Crippen molar-refractivity contribution < 1.29 is 86.9 Å². The van der Waals surface area contributed by atoms with Crippen LogP contribution < -0.4 is 9.47 Å². The minimum Gasteiger partial charge on any atom is -0.505 e. The number of aliphatic hydroxyl groups excluding tert-OH is 4. The van der Waals surface area contributed by atoms with Gasteiger partial charge in [0.05, 0.1) is 141 Å². The Labute approximate surface area is 375 Å². The summed E-state index contributed by atoms with van der Waals surface area (Å²) in [6.45, 7) is 18.8. The summed E-state index contributed by atoms with van der Waals surface area (Å²) in [6.07, 6.45) is 3.86. The van der Waals surface area contributed by atoms with Crippen molar-refractivity contribution in [1.82, 2.24) is 0 Å². The number of benzene rings is 1. The van der Waals surface area contributed by atoms with Gasteiger partial charge in [0, 0.05) is 0 Å². The number of nitro benzene ring substituents is 1. The molecule has 0 aromatic heterocycles. The quantitative estimate of drug-likeness (QED) is 0.0206. The largest absolute Gasteiger partial charge is 0.505 e. The zero-order valence-electron chi connectivity index (χ0n) is 37.7. The molecular weight excluding hydrogens is 846 g/mol. The van der Waals surface area contributed by atoms with Crippen molar-refractivity contribution in [3.63, 3.8) is 0 Å². The number of allylic oxidation sites excluding steroid dienone is 6. The number of rotatable bonds is 42. The maximum atomic E-state index is 11.5. The molecule has 0 unspecified atom stereocenters. The van der Waals surface area contributed by atoms with Gasteiger partial charge in [0.2, 0.25) is 0 Å². The number of nitrogens with zero attached hydrogens (tertiary/aromatic N) is 1. The zero-order valence-corrected chi connectivity index (χ0v) is 37.7. The van der Waals surface area contributed by atoms with E-state index in [2.05, 4.69) is 19.7 Å². The van der Waals surface area contributed by atoms with Crippen molar-refractivity contribution in [1.29, 1.82) is 0 Å². The van der Waals surface area contributed by atoms with E-state index < -0.39 is 16.9 Å². The molecule has 0 atom stereocenters. The lowest BCUT2D eigenvalue weighted by Crippen LogP contribution is -2.43. The average molecular weight is 916 g/mol. The molecule has 0 heterocycles. The second kappa shape index (κ2) is 35.4. The summed E-state index contributed by atoms with van der Waals surface area (Å²) in [6, 6.07) is 2.55. The van der Waals surface area contributed by atoms with E-state index in [1.54, 1.807) is 20.8 Å². The molecule has 0 spiro atoms. The topological polar surface area (TPSA) is 244 Å². The summed E-state index contributed by atoms with van der Waals surface area (Å²) in [5, 5.41) is 50.0. The molecule has 0 radical (unpaired) electrons. The summed E-state index contributed by atoms with van der Waals surface area (Å²) in [5.74, 6) is 1.22. The van der Waals surface area contributed by atoms with Crippen LogP contribution >= 0.6 is 0 Å². The highest BCUT2D eigenvalue weighted by Crippen LogP contribution is 2.34. The third-order valence-electron chi connectivity index (χ3n) is 8.64. The number of methoxy groups -OCH3 is 1. The molecule has 20 nitrogen and oxygen atoms in total. The number of aliphatic hydroxyl groups is 4. The van der Waals surface area contributed by atoms with Crippen LogP contribution in [0.2, 0.25) is 0 Å². The molecular formula is C44H69NO19. The Balaban J connectivity index is 2.89. The maximum absolute atomic E-state index is 11.5. The highest BCUT2D eigenvalue weighted by atomic mass is 16.6. The first-order valence-electron chi connectivity index (χ1n) is 20.5. The van der Waals surface area contributed by atoms with Gasteiger partial charge in [0.1, 0.15) is 43.7 Å². The average Bonchev–Trinajstić information content (AvgIpc) is 3.30. The molecule has 0 saturated carbocycles. The van der Waals surface area contributed by atoms with Gasteiger partial charge in [-0.15, -0.1) is 0 Å². The van der Waals surface area contributed by atoms with Gasteiger partial charge in [-0.05, 0) is 45.1 Å². The van der Waals surface area contributed by atoms with E-state index in [1.165, 1.54) is 37.5 Å². The smallest absolute Gasteiger partial charge is 0.278 e. The van der Waals surface area contributed by atoms with Crippen LogP contribution in [0.3, 0.4) is 0 Å². The lowest BCUT2D eigenvalue weighted by atomic mass is 9.92. The fourth-order valence-corrected chi connectivity index (χ4v) is 5.07. The highest BCUT2D eigenvalue weighted by Gasteiger charge is 2.33. The molecule has 0 aliphatic rings. The lowest BCUT2D eigenvalue weighted by Gasteiger charge is -2.33. The minimum atomic E-state index is -0.817. The van der Waals surface area contributed by atoms with E-state index in [0.717, 1.165) is 0 Å². The van der Waals surface area contributed by atoms with Crippen LogP contribution in [0.4, 0.5) is 5.69 Å². The molecule has 0 aliphatic carbocycles. The first-order chi connectivity index (χ1) is 30.9. The molecule has 1 aromatic carbocycles. The van der Waals surface area contributed by atoms with E-state index >= 15 is 0 Å². The maximum Gasteiger partial charge on any atom is 0.278 e. The van der Waals surface area contributed by atoms with Crippen LogP contribution in [0, 0.1) is 15.5 Å². The standard InChI is InChI=1S/C44H69NO19/c1-8-39(47)34(4)61-23-19-53-11-15-57-30-44(31-58-16-12-54-20-24-62-35(5)40(48)9-2,32-59-17-13-55-21-25-63-36(6)41(49)10-3)33-60-18-14-56-22-26-64-43-28-38(45(50)51)37(29-46)27-42(43)52-7/h8-10,27-28,46-49H,1-3,11-26,29-33H2,4-7H3/b39-34-,40-35-,41-36-. The molecule has 64 heavy (non-hydrogen) atoms. The molecule has 0 aliphatic heterocycles. The summed E-state index contributed by atoms with van der Waals surface area (Å²) in [4.78, 5) is 10.8. The van der Waals surface area contributed by atoms with Gasteiger partial charge >= 0.3 is 0 Å². The van der Waals surface area contributed by atoms with Crippen LogP contribution in [0.1, 0.15) is 26.3 Å². The predicted octanol–water partition coefficient (Wildman–Crippen LogP) is 5.57. The lowest BCUT2D eigenvalue weighted by molar-refractivity contribution is -0.385. The summed E-state index contributed by atoms with van der Waals surface area (Å²) < 4.78 is 74.2. The minimum absolute atomic E-state index is 0.0495. The molecule has 20 heteroatoms. The van der Waals surface area contributed by atoms with Crippen LogP contribution in [-0.2, 0) is 58.7 Å². The first-order valence-corrected chi connectivity index (χ1v) is 20.5. The SMILES string of the molecule is C=C/C(O)=C(\C)OCCOCCOCC(COCCOCCO/C(C)=C(\O)C=C)(COCCOCCO/C(C)=C(\O)C=C)COCCOCCOc1cc([N+](=O)[O-])c(CO)cc1OC. The van der Waals surface area contributed by atoms with E-state index in [1.807, 2.05) is 0 Å². The monoisotopic (exact) mass is 915 g/mol. The Bertz CT molecular complexity index is 1480. The number of hydrogen-bond donors (Lipinski definition) is 4. The fraction of sp³-hybridized carbons (Fsp3) is 0.591. The second-order valence-corrected chi connectivity index (χ2v) is 13.5. The van der Waals surface area contributed by atoms with Gasteiger partial charge in [-0.2, -0.15) is 0 Å². The third-order valence-corrected chi connectivity index (χ3v) is 8.64. The third kappa shape index (κ3) is 24.8. The molecule has 364 valence electrons. The van der Waals surface area contributed by atoms with Gasteiger partial charge in [0.25, 0.3) is 5.69 Å². The zero-order chi connectivity index (χ0) is 47.4. The number of hydrogen-bond acceptors (Lipinski definition) is 19.